The molecule has 164 valence electrons. The number of carbonyl (C=O) groups excluding carboxylic acids is 3. The zero-order valence-electron chi connectivity index (χ0n) is 17.7. The normalized spacial score (nSPS) is 20.7. The summed E-state index contributed by atoms with van der Waals surface area (Å²) in [4.78, 5) is 42.0. The van der Waals surface area contributed by atoms with E-state index in [1.54, 1.807) is 18.4 Å². The molecular weight excluding hydrogens is 404 g/mol. The number of rotatable bonds is 5. The van der Waals surface area contributed by atoms with Gasteiger partial charge in [-0.3, -0.25) is 19.4 Å². The van der Waals surface area contributed by atoms with Crippen LogP contribution in [0.15, 0.2) is 46.6 Å². The van der Waals surface area contributed by atoms with Gasteiger partial charge in [0.25, 0.3) is 0 Å². The van der Waals surface area contributed by atoms with E-state index < -0.39 is 35.5 Å². The van der Waals surface area contributed by atoms with Crippen molar-refractivity contribution in [2.45, 2.75) is 52.1 Å². The van der Waals surface area contributed by atoms with E-state index in [2.05, 4.69) is 15.6 Å². The molecule has 1 aromatic carbocycles. The highest BCUT2D eigenvalue weighted by Gasteiger charge is 2.34. The molecule has 1 heterocycles. The maximum absolute atomic E-state index is 13.3. The molecule has 8 heteroatoms. The van der Waals surface area contributed by atoms with Gasteiger partial charge in [-0.1, -0.05) is 19.9 Å². The largest absolute Gasteiger partial charge is 0.347 e. The zero-order valence-corrected chi connectivity index (χ0v) is 17.7. The lowest BCUT2D eigenvalue weighted by atomic mass is 9.83. The van der Waals surface area contributed by atoms with Gasteiger partial charge in [0, 0.05) is 29.7 Å². The number of hydrogen-bond acceptors (Lipinski definition) is 4. The minimum atomic E-state index is -0.906. The highest BCUT2D eigenvalue weighted by molar-refractivity contribution is 6.01. The minimum absolute atomic E-state index is 0.0949. The van der Waals surface area contributed by atoms with Gasteiger partial charge in [0.1, 0.15) is 17.7 Å². The van der Waals surface area contributed by atoms with E-state index >= 15 is 0 Å². The van der Waals surface area contributed by atoms with Crippen molar-refractivity contribution in [3.05, 3.63) is 58.8 Å². The fourth-order valence-electron chi connectivity index (χ4n) is 3.71. The van der Waals surface area contributed by atoms with Gasteiger partial charge in [0.15, 0.2) is 5.78 Å². The standard InChI is InChI=1S/C23H25F2N3O3/c1-13(27-20(30)9-14-7-15(24)10-16(25)8-14)22(31)28-18-11-23(2,3)12-26-17-5-4-6-19(29)21(17)18/h4-5,7-8,10,12-13,18H,6,9,11H2,1-3H3,(H,27,30)(H,28,31)/t13-,18?/m0/s1. The number of Topliss-reactive ketones (excluding diaryl/α,β-unsaturated/α-hetero) is 1. The number of hydrogen-bond donors (Lipinski definition) is 2. The van der Waals surface area contributed by atoms with Crippen molar-refractivity contribution in [2.75, 3.05) is 0 Å². The zero-order chi connectivity index (χ0) is 22.8. The first-order valence-electron chi connectivity index (χ1n) is 10.1. The number of amides is 2. The smallest absolute Gasteiger partial charge is 0.242 e. The second kappa shape index (κ2) is 8.91. The monoisotopic (exact) mass is 429 g/mol. The molecule has 2 atom stereocenters. The molecule has 1 aromatic rings. The molecule has 1 aliphatic carbocycles. The molecule has 0 saturated carbocycles. The fraction of sp³-hybridized carbons (Fsp3) is 0.391. The summed E-state index contributed by atoms with van der Waals surface area (Å²) in [5.41, 5.74) is 0.820. The summed E-state index contributed by atoms with van der Waals surface area (Å²) < 4.78 is 26.6. The van der Waals surface area contributed by atoms with Gasteiger partial charge in [-0.05, 0) is 37.1 Å². The molecule has 0 spiro atoms. The van der Waals surface area contributed by atoms with E-state index in [1.807, 2.05) is 13.8 Å². The quantitative estimate of drug-likeness (QED) is 0.755. The Balaban J connectivity index is 1.68. The van der Waals surface area contributed by atoms with Gasteiger partial charge < -0.3 is 10.6 Å². The summed E-state index contributed by atoms with van der Waals surface area (Å²) in [6, 6.07) is 1.40. The third-order valence-electron chi connectivity index (χ3n) is 5.16. The lowest BCUT2D eigenvalue weighted by molar-refractivity contribution is -0.128. The average Bonchev–Trinajstić information content (AvgIpc) is 2.77. The maximum atomic E-state index is 13.3. The number of benzene rings is 1. The van der Waals surface area contributed by atoms with Crippen LogP contribution in [0, 0.1) is 17.0 Å². The molecule has 0 fully saturated rings. The molecule has 2 aliphatic rings. The highest BCUT2D eigenvalue weighted by Crippen LogP contribution is 2.32. The molecule has 0 bridgehead atoms. The van der Waals surface area contributed by atoms with Crippen LogP contribution in [0.25, 0.3) is 0 Å². The van der Waals surface area contributed by atoms with Gasteiger partial charge in [-0.25, -0.2) is 8.78 Å². The van der Waals surface area contributed by atoms with Crippen molar-refractivity contribution in [1.29, 1.82) is 0 Å². The highest BCUT2D eigenvalue weighted by atomic mass is 19.1. The van der Waals surface area contributed by atoms with Crippen molar-refractivity contribution in [1.82, 2.24) is 10.6 Å². The van der Waals surface area contributed by atoms with Crippen LogP contribution in [0.1, 0.15) is 39.2 Å². The van der Waals surface area contributed by atoms with Crippen molar-refractivity contribution in [2.24, 2.45) is 10.4 Å². The van der Waals surface area contributed by atoms with Crippen LogP contribution in [0.2, 0.25) is 0 Å². The minimum Gasteiger partial charge on any atom is -0.347 e. The number of ketones is 1. The summed E-state index contributed by atoms with van der Waals surface area (Å²) in [5, 5.41) is 5.40. The lowest BCUT2D eigenvalue weighted by Crippen LogP contribution is -2.50. The van der Waals surface area contributed by atoms with Crippen molar-refractivity contribution in [3.63, 3.8) is 0 Å². The van der Waals surface area contributed by atoms with Crippen LogP contribution in [0.4, 0.5) is 8.78 Å². The van der Waals surface area contributed by atoms with Gasteiger partial charge in [-0.2, -0.15) is 0 Å². The third-order valence-corrected chi connectivity index (χ3v) is 5.16. The van der Waals surface area contributed by atoms with Crippen LogP contribution in [0.5, 0.6) is 0 Å². The van der Waals surface area contributed by atoms with Crippen molar-refractivity contribution in [3.8, 4) is 0 Å². The Morgan fingerprint density at radius 1 is 1.23 bits per heavy atom. The Morgan fingerprint density at radius 3 is 2.58 bits per heavy atom. The molecule has 0 radical (unpaired) electrons. The predicted molar refractivity (Wildman–Crippen MR) is 112 cm³/mol. The van der Waals surface area contributed by atoms with E-state index in [1.165, 1.54) is 6.92 Å². The van der Waals surface area contributed by atoms with E-state index in [9.17, 15) is 23.2 Å². The molecular formula is C23H25F2N3O3. The van der Waals surface area contributed by atoms with E-state index in [4.69, 9.17) is 0 Å². The number of aliphatic imine (C=N–C) groups is 1. The third kappa shape index (κ3) is 5.71. The Hall–Kier alpha value is -3.16. The molecule has 3 rings (SSSR count). The molecule has 1 unspecified atom stereocenters. The van der Waals surface area contributed by atoms with Crippen LogP contribution >= 0.6 is 0 Å². The lowest BCUT2D eigenvalue weighted by Gasteiger charge is -2.28. The van der Waals surface area contributed by atoms with Crippen LogP contribution in [0.3, 0.4) is 0 Å². The van der Waals surface area contributed by atoms with E-state index in [0.29, 0.717) is 17.7 Å². The topological polar surface area (TPSA) is 87.6 Å². The van der Waals surface area contributed by atoms with Crippen molar-refractivity contribution >= 4 is 23.8 Å². The second-order valence-electron chi connectivity index (χ2n) is 8.58. The van der Waals surface area contributed by atoms with Gasteiger partial charge in [0.05, 0.1) is 18.2 Å². The van der Waals surface area contributed by atoms with Crippen LogP contribution in [-0.2, 0) is 20.8 Å². The van der Waals surface area contributed by atoms with Gasteiger partial charge in [0.2, 0.25) is 11.8 Å². The second-order valence-corrected chi connectivity index (χ2v) is 8.58. The first-order valence-corrected chi connectivity index (χ1v) is 10.1. The molecule has 2 N–H and O–H groups in total. The fourth-order valence-corrected chi connectivity index (χ4v) is 3.71. The van der Waals surface area contributed by atoms with Crippen LogP contribution < -0.4 is 10.6 Å². The number of carbonyl (C=O) groups is 3. The Kier molecular flexibility index (Phi) is 6.48. The summed E-state index contributed by atoms with van der Waals surface area (Å²) >= 11 is 0. The Labute approximate surface area is 179 Å². The summed E-state index contributed by atoms with van der Waals surface area (Å²) in [6.45, 7) is 5.44. The maximum Gasteiger partial charge on any atom is 0.242 e. The first kappa shape index (κ1) is 22.5. The number of nitrogens with zero attached hydrogens (tertiary/aromatic N) is 1. The molecule has 31 heavy (non-hydrogen) atoms. The van der Waals surface area contributed by atoms with E-state index in [-0.39, 0.29) is 29.6 Å². The molecule has 6 nitrogen and oxygen atoms in total. The SMILES string of the molecule is C[C@H](NC(=O)Cc1cc(F)cc(F)c1)C(=O)NC1CC(C)(C)C=NC2=C1C(=O)CC=C2. The van der Waals surface area contributed by atoms with E-state index in [0.717, 1.165) is 18.2 Å². The Morgan fingerprint density at radius 2 is 1.90 bits per heavy atom. The summed E-state index contributed by atoms with van der Waals surface area (Å²) in [5.74, 6) is -2.66. The van der Waals surface area contributed by atoms with Crippen molar-refractivity contribution < 1.29 is 23.2 Å². The number of nitrogens with one attached hydrogen (secondary N) is 2. The first-order chi connectivity index (χ1) is 14.5. The number of allylic oxidation sites excluding steroid dienone is 2. The number of halogens is 2. The molecule has 0 aromatic heterocycles. The summed E-state index contributed by atoms with van der Waals surface area (Å²) in [6.07, 6.45) is 5.75. The molecule has 2 amide bonds. The molecule has 0 saturated heterocycles. The average molecular weight is 429 g/mol. The predicted octanol–water partition coefficient (Wildman–Crippen LogP) is 2.78. The summed E-state index contributed by atoms with van der Waals surface area (Å²) in [7, 11) is 0. The van der Waals surface area contributed by atoms with Crippen LogP contribution in [-0.4, -0.2) is 35.9 Å². The Bertz CT molecular complexity index is 991. The van der Waals surface area contributed by atoms with Gasteiger partial charge >= 0.3 is 0 Å². The molecule has 1 aliphatic heterocycles. The van der Waals surface area contributed by atoms with Gasteiger partial charge in [-0.15, -0.1) is 0 Å².